The smallest absolute Gasteiger partial charge is 0.276 e. The fraction of sp³-hybridized carbons (Fsp3) is 0.444. The van der Waals surface area contributed by atoms with Crippen molar-refractivity contribution in [3.63, 3.8) is 0 Å². The molecule has 2 rings (SSSR count). The molecule has 1 aliphatic heterocycles. The van der Waals surface area contributed by atoms with Crippen LogP contribution in [0.1, 0.15) is 26.3 Å². The maximum absolute atomic E-state index is 12.3. The van der Waals surface area contributed by atoms with Crippen LogP contribution in [-0.4, -0.2) is 48.1 Å². The Hall–Kier alpha value is -2.08. The minimum absolute atomic E-state index is 0.111. The molecule has 1 aliphatic rings. The molecule has 0 bridgehead atoms. The maximum atomic E-state index is 12.3. The Morgan fingerprint density at radius 1 is 1.17 bits per heavy atom. The van der Waals surface area contributed by atoms with Gasteiger partial charge in [0.05, 0.1) is 13.2 Å². The number of carbonyl (C=O) groups excluding carboxylic acids is 1. The van der Waals surface area contributed by atoms with Crippen molar-refractivity contribution < 1.29 is 14.3 Å². The summed E-state index contributed by atoms with van der Waals surface area (Å²) >= 11 is 5.23. The maximum Gasteiger partial charge on any atom is 0.276 e. The highest BCUT2D eigenvalue weighted by molar-refractivity contribution is 7.80. The number of benzene rings is 1. The van der Waals surface area contributed by atoms with Gasteiger partial charge in [0.25, 0.3) is 5.91 Å². The van der Waals surface area contributed by atoms with Crippen molar-refractivity contribution in [1.29, 1.82) is 0 Å². The summed E-state index contributed by atoms with van der Waals surface area (Å²) in [5.41, 5.74) is 1.41. The van der Waals surface area contributed by atoms with Crippen LogP contribution >= 0.6 is 12.2 Å². The van der Waals surface area contributed by atoms with Crippen LogP contribution in [0, 0.1) is 5.92 Å². The minimum Gasteiger partial charge on any atom is -0.490 e. The molecular formula is C18H24N2O3S. The van der Waals surface area contributed by atoms with Crippen LogP contribution in [0.15, 0.2) is 23.9 Å². The third kappa shape index (κ3) is 3.87. The topological polar surface area (TPSA) is 42.0 Å². The Morgan fingerprint density at radius 2 is 1.88 bits per heavy atom. The predicted octanol–water partition coefficient (Wildman–Crippen LogP) is 3.15. The zero-order valence-electron chi connectivity index (χ0n) is 14.8. The number of carbonyl (C=O) groups is 1. The van der Waals surface area contributed by atoms with Crippen LogP contribution in [-0.2, 0) is 4.79 Å². The van der Waals surface area contributed by atoms with Crippen molar-refractivity contribution in [3.8, 4) is 11.5 Å². The highest BCUT2D eigenvalue weighted by atomic mass is 32.1. The van der Waals surface area contributed by atoms with Gasteiger partial charge in [-0.2, -0.15) is 0 Å². The van der Waals surface area contributed by atoms with E-state index in [2.05, 4.69) is 13.8 Å². The second-order valence-electron chi connectivity index (χ2n) is 6.08. The van der Waals surface area contributed by atoms with Gasteiger partial charge in [-0.25, -0.2) is 0 Å². The molecule has 0 spiro atoms. The molecule has 0 aromatic heterocycles. The van der Waals surface area contributed by atoms with Crippen LogP contribution in [0.25, 0.3) is 6.08 Å². The predicted molar refractivity (Wildman–Crippen MR) is 99.1 cm³/mol. The van der Waals surface area contributed by atoms with Crippen molar-refractivity contribution in [2.24, 2.45) is 5.92 Å². The molecule has 1 amide bonds. The first-order valence-electron chi connectivity index (χ1n) is 8.02. The molecule has 0 radical (unpaired) electrons. The van der Waals surface area contributed by atoms with Gasteiger partial charge in [-0.1, -0.05) is 19.9 Å². The normalized spacial score (nSPS) is 16.5. The minimum atomic E-state index is -0.111. The van der Waals surface area contributed by atoms with E-state index in [-0.39, 0.29) is 5.91 Å². The molecule has 130 valence electrons. The second-order valence-corrected chi connectivity index (χ2v) is 6.44. The molecule has 1 aromatic carbocycles. The number of rotatable bonds is 6. The van der Waals surface area contributed by atoms with Gasteiger partial charge >= 0.3 is 0 Å². The lowest BCUT2D eigenvalue weighted by molar-refractivity contribution is -0.121. The zero-order valence-corrected chi connectivity index (χ0v) is 15.6. The Bertz CT molecular complexity index is 670. The molecule has 1 saturated heterocycles. The molecule has 6 heteroatoms. The molecule has 0 unspecified atom stereocenters. The molecule has 1 fully saturated rings. The average molecular weight is 348 g/mol. The van der Waals surface area contributed by atoms with Gasteiger partial charge < -0.3 is 14.4 Å². The summed E-state index contributed by atoms with van der Waals surface area (Å²) in [6.07, 6.45) is 1.81. The second kappa shape index (κ2) is 7.66. The third-order valence-electron chi connectivity index (χ3n) is 3.60. The molecule has 0 atom stereocenters. The first-order valence-corrected chi connectivity index (χ1v) is 8.43. The van der Waals surface area contributed by atoms with Gasteiger partial charge in [0.1, 0.15) is 5.70 Å². The van der Waals surface area contributed by atoms with Gasteiger partial charge in [0.15, 0.2) is 16.6 Å². The van der Waals surface area contributed by atoms with Crippen molar-refractivity contribution in [1.82, 2.24) is 9.80 Å². The first kappa shape index (κ1) is 18.3. The van der Waals surface area contributed by atoms with Crippen molar-refractivity contribution >= 4 is 29.3 Å². The Morgan fingerprint density at radius 3 is 2.42 bits per heavy atom. The summed E-state index contributed by atoms with van der Waals surface area (Å²) < 4.78 is 11.5. The van der Waals surface area contributed by atoms with E-state index in [0.717, 1.165) is 5.56 Å². The van der Waals surface area contributed by atoms with Crippen molar-refractivity contribution in [2.75, 3.05) is 27.3 Å². The van der Waals surface area contributed by atoms with E-state index in [4.69, 9.17) is 21.7 Å². The van der Waals surface area contributed by atoms with E-state index in [1.165, 1.54) is 4.90 Å². The Balaban J connectivity index is 2.31. The molecule has 1 heterocycles. The van der Waals surface area contributed by atoms with E-state index < -0.39 is 0 Å². The van der Waals surface area contributed by atoms with Crippen LogP contribution in [0.4, 0.5) is 0 Å². The van der Waals surface area contributed by atoms with E-state index in [0.29, 0.717) is 41.4 Å². The molecule has 5 nitrogen and oxygen atoms in total. The number of thiocarbonyl (C=S) groups is 1. The summed E-state index contributed by atoms with van der Waals surface area (Å²) in [5.74, 6) is 1.71. The van der Waals surface area contributed by atoms with Crippen molar-refractivity contribution in [3.05, 3.63) is 29.5 Å². The molecule has 0 aliphatic carbocycles. The monoisotopic (exact) mass is 348 g/mol. The van der Waals surface area contributed by atoms with Gasteiger partial charge in [0, 0.05) is 14.1 Å². The summed E-state index contributed by atoms with van der Waals surface area (Å²) in [5, 5.41) is 0.494. The summed E-state index contributed by atoms with van der Waals surface area (Å²) in [6, 6.07) is 5.67. The van der Waals surface area contributed by atoms with Crippen molar-refractivity contribution in [2.45, 2.75) is 20.8 Å². The fourth-order valence-corrected chi connectivity index (χ4v) is 2.49. The zero-order chi connectivity index (χ0) is 17.9. The number of nitrogens with zero attached hydrogens (tertiary/aromatic N) is 2. The van der Waals surface area contributed by atoms with E-state index in [1.54, 1.807) is 19.0 Å². The van der Waals surface area contributed by atoms with E-state index >= 15 is 0 Å². The SMILES string of the molecule is CCOc1cc(/C=C2\C(=O)N(C)C(=S)N2C)ccc1OCC(C)C. The largest absolute Gasteiger partial charge is 0.490 e. The van der Waals surface area contributed by atoms with E-state index in [1.807, 2.05) is 31.2 Å². The third-order valence-corrected chi connectivity index (χ3v) is 4.15. The van der Waals surface area contributed by atoms with Gasteiger partial charge in [0.2, 0.25) is 0 Å². The number of hydrogen-bond donors (Lipinski definition) is 0. The number of ether oxygens (including phenoxy) is 2. The van der Waals surface area contributed by atoms with Crippen LogP contribution in [0.2, 0.25) is 0 Å². The van der Waals surface area contributed by atoms with Gasteiger partial charge in [-0.3, -0.25) is 9.69 Å². The van der Waals surface area contributed by atoms with Crippen LogP contribution in [0.3, 0.4) is 0 Å². The highest BCUT2D eigenvalue weighted by Crippen LogP contribution is 2.30. The molecule has 24 heavy (non-hydrogen) atoms. The molecule has 0 N–H and O–H groups in total. The summed E-state index contributed by atoms with van der Waals surface area (Å²) in [4.78, 5) is 15.4. The van der Waals surface area contributed by atoms with E-state index in [9.17, 15) is 4.79 Å². The lowest BCUT2D eigenvalue weighted by Gasteiger charge is -2.14. The molecule has 0 saturated carbocycles. The summed E-state index contributed by atoms with van der Waals surface area (Å²) in [7, 11) is 3.47. The highest BCUT2D eigenvalue weighted by Gasteiger charge is 2.32. The Kier molecular flexibility index (Phi) is 5.83. The number of likely N-dealkylation sites (N-methyl/N-ethyl adjacent to an activating group) is 2. The molecule has 1 aromatic rings. The quantitative estimate of drug-likeness (QED) is 0.583. The Labute approximate surface area is 148 Å². The van der Waals surface area contributed by atoms with Gasteiger partial charge in [-0.15, -0.1) is 0 Å². The first-order chi connectivity index (χ1) is 11.3. The summed E-state index contributed by atoms with van der Waals surface area (Å²) in [6.45, 7) is 7.30. The fourth-order valence-electron chi connectivity index (χ4n) is 2.31. The lowest BCUT2D eigenvalue weighted by Crippen LogP contribution is -2.26. The van der Waals surface area contributed by atoms with Crippen LogP contribution < -0.4 is 9.47 Å². The lowest BCUT2D eigenvalue weighted by atomic mass is 10.1. The number of amides is 1. The van der Waals surface area contributed by atoms with Crippen LogP contribution in [0.5, 0.6) is 11.5 Å². The molecular weight excluding hydrogens is 324 g/mol. The standard InChI is InChI=1S/C18H24N2O3S/c1-6-22-16-10-13(7-8-15(16)23-11-12(2)3)9-14-17(21)20(5)18(24)19(14)4/h7-10,12H,6,11H2,1-5H3/b14-9+. The van der Waals surface area contributed by atoms with Gasteiger partial charge in [-0.05, 0) is 48.8 Å². The average Bonchev–Trinajstić information content (AvgIpc) is 2.72. The number of hydrogen-bond acceptors (Lipinski definition) is 4.